The molecule has 0 radical (unpaired) electrons. The second kappa shape index (κ2) is 9.92. The fourth-order valence-corrected chi connectivity index (χ4v) is 5.05. The number of rotatable bonds is 7. The summed E-state index contributed by atoms with van der Waals surface area (Å²) in [4.78, 5) is 14.8. The van der Waals surface area contributed by atoms with Gasteiger partial charge in [-0.3, -0.25) is 13.9 Å². The second-order valence-electron chi connectivity index (χ2n) is 8.06. The second-order valence-corrected chi connectivity index (χ2v) is 9.52. The number of amides is 1. The number of carbonyl (C=O) groups is 1. The third kappa shape index (κ3) is 5.10. The van der Waals surface area contributed by atoms with Crippen molar-refractivity contribution in [2.24, 2.45) is 5.92 Å². The van der Waals surface area contributed by atoms with Crippen molar-refractivity contribution in [2.45, 2.75) is 81.1 Å². The van der Waals surface area contributed by atoms with E-state index < -0.39 is 52.8 Å². The van der Waals surface area contributed by atoms with Gasteiger partial charge in [0.2, 0.25) is 5.91 Å². The fourth-order valence-electron chi connectivity index (χ4n) is 4.21. The number of hydrogen-bond acceptors (Lipinski definition) is 8. The first-order valence-electron chi connectivity index (χ1n) is 9.79. The van der Waals surface area contributed by atoms with E-state index in [0.29, 0.717) is 12.3 Å². The van der Waals surface area contributed by atoms with Gasteiger partial charge in [-0.25, -0.2) is 0 Å². The molecule has 5 N–H and O–H groups in total. The maximum Gasteiger partial charge on any atom is 0.237 e. The summed E-state index contributed by atoms with van der Waals surface area (Å²) in [6.07, 6.45) is -2.90. The largest absolute Gasteiger partial charge is 0.391 e. The molecule has 0 aromatic carbocycles. The molecule has 2 aliphatic rings. The Kier molecular flexibility index (Phi) is 8.38. The van der Waals surface area contributed by atoms with Crippen molar-refractivity contribution in [1.82, 2.24) is 10.2 Å². The molecule has 10 heteroatoms. The first kappa shape index (κ1) is 23.7. The molecule has 2 aliphatic heterocycles. The molecule has 2 rings (SSSR count). The molecule has 10 atom stereocenters. The van der Waals surface area contributed by atoms with Crippen molar-refractivity contribution < 1.29 is 34.2 Å². The first-order valence-corrected chi connectivity index (χ1v) is 11.4. The molecule has 2 heterocycles. The SMILES string of the molecule is CCC[C@@H]1C[C@@H](C(=O)N[C@@H]([C@H]2O[C@H](S(C)=O)[C@H](O)[C@@H](O)[C@H]2O)[C@@H](C)O)N(C)C1. The van der Waals surface area contributed by atoms with Crippen molar-refractivity contribution >= 4 is 16.7 Å². The maximum atomic E-state index is 12.9. The number of ether oxygens (including phenoxy) is 1. The van der Waals surface area contributed by atoms with Crippen LogP contribution < -0.4 is 5.32 Å². The van der Waals surface area contributed by atoms with Gasteiger partial charge in [-0.05, 0) is 32.7 Å². The summed E-state index contributed by atoms with van der Waals surface area (Å²) in [5, 5.41) is 43.4. The molecule has 164 valence electrons. The molecule has 28 heavy (non-hydrogen) atoms. The highest BCUT2D eigenvalue weighted by molar-refractivity contribution is 7.84. The van der Waals surface area contributed by atoms with Crippen LogP contribution in [0.3, 0.4) is 0 Å². The summed E-state index contributed by atoms with van der Waals surface area (Å²) in [7, 11) is 0.233. The van der Waals surface area contributed by atoms with E-state index in [2.05, 4.69) is 12.2 Å². The monoisotopic (exact) mass is 422 g/mol. The quantitative estimate of drug-likeness (QED) is 0.322. The molecular weight excluding hydrogens is 388 g/mol. The molecule has 0 bridgehead atoms. The van der Waals surface area contributed by atoms with Crippen LogP contribution in [0.25, 0.3) is 0 Å². The van der Waals surface area contributed by atoms with E-state index >= 15 is 0 Å². The molecule has 2 saturated heterocycles. The van der Waals surface area contributed by atoms with E-state index in [9.17, 15) is 29.4 Å². The molecule has 0 spiro atoms. The topological polar surface area (TPSA) is 140 Å². The van der Waals surface area contributed by atoms with Crippen molar-refractivity contribution in [1.29, 1.82) is 0 Å². The van der Waals surface area contributed by atoms with Gasteiger partial charge in [0, 0.05) is 12.8 Å². The number of likely N-dealkylation sites (N-methyl/N-ethyl adjacent to an activating group) is 1. The Morgan fingerprint density at radius 1 is 1.29 bits per heavy atom. The summed E-state index contributed by atoms with van der Waals surface area (Å²) < 4.78 is 17.4. The molecule has 0 aromatic rings. The Labute approximate surface area is 168 Å². The number of likely N-dealkylation sites (tertiary alicyclic amines) is 1. The predicted octanol–water partition coefficient (Wildman–Crippen LogP) is -1.84. The van der Waals surface area contributed by atoms with Crippen molar-refractivity contribution in [3.63, 3.8) is 0 Å². The highest BCUT2D eigenvalue weighted by Gasteiger charge is 2.49. The third-order valence-electron chi connectivity index (χ3n) is 5.75. The standard InChI is InChI=1S/C18H34N2O7S/c1-5-6-10-7-11(20(3)8-10)17(25)19-12(9(2)21)16-14(23)13(22)15(24)18(27-16)28(4)26/h9-16,18,21-24H,5-8H2,1-4H3,(H,19,25)/t9-,10-,11+,12-,13+,14-,15-,16-,18-,28?/m1/s1. The van der Waals surface area contributed by atoms with Crippen LogP contribution in [-0.4, -0.2) is 103 Å². The van der Waals surface area contributed by atoms with Gasteiger partial charge < -0.3 is 30.5 Å². The Hall–Kier alpha value is -0.620. The van der Waals surface area contributed by atoms with Crippen molar-refractivity contribution in [2.75, 3.05) is 19.8 Å². The van der Waals surface area contributed by atoms with Crippen LogP contribution in [0.1, 0.15) is 33.1 Å². The van der Waals surface area contributed by atoms with Gasteiger partial charge in [0.1, 0.15) is 24.4 Å². The normalized spacial score (nSPS) is 40.1. The lowest BCUT2D eigenvalue weighted by Gasteiger charge is -2.43. The molecular formula is C18H34N2O7S. The van der Waals surface area contributed by atoms with Crippen molar-refractivity contribution in [3.05, 3.63) is 0 Å². The molecule has 2 fully saturated rings. The summed E-state index contributed by atoms with van der Waals surface area (Å²) in [6, 6.07) is -1.39. The van der Waals surface area contributed by atoms with Gasteiger partial charge in [0.05, 0.1) is 29.0 Å². The third-order valence-corrected chi connectivity index (χ3v) is 6.79. The first-order chi connectivity index (χ1) is 13.1. The van der Waals surface area contributed by atoms with Gasteiger partial charge in [-0.15, -0.1) is 0 Å². The number of nitrogens with one attached hydrogen (secondary N) is 1. The van der Waals surface area contributed by atoms with Crippen molar-refractivity contribution in [3.8, 4) is 0 Å². The molecule has 0 aromatic heterocycles. The highest BCUT2D eigenvalue weighted by Crippen LogP contribution is 2.28. The molecule has 0 aliphatic carbocycles. The zero-order valence-electron chi connectivity index (χ0n) is 16.9. The summed E-state index contributed by atoms with van der Waals surface area (Å²) in [5.74, 6) is 0.133. The van der Waals surface area contributed by atoms with E-state index in [-0.39, 0.29) is 11.9 Å². The number of aliphatic hydroxyl groups excluding tert-OH is 4. The van der Waals surface area contributed by atoms with Crippen LogP contribution in [0, 0.1) is 5.92 Å². The molecule has 9 nitrogen and oxygen atoms in total. The van der Waals surface area contributed by atoms with Gasteiger partial charge in [-0.1, -0.05) is 13.3 Å². The van der Waals surface area contributed by atoms with Crippen LogP contribution in [0.4, 0.5) is 0 Å². The Morgan fingerprint density at radius 2 is 1.93 bits per heavy atom. The van der Waals surface area contributed by atoms with E-state index in [0.717, 1.165) is 19.4 Å². The van der Waals surface area contributed by atoms with Crippen LogP contribution in [0.2, 0.25) is 0 Å². The number of hydrogen-bond donors (Lipinski definition) is 5. The average molecular weight is 423 g/mol. The van der Waals surface area contributed by atoms with Gasteiger partial charge >= 0.3 is 0 Å². The maximum absolute atomic E-state index is 12.9. The van der Waals surface area contributed by atoms with E-state index in [1.54, 1.807) is 0 Å². The minimum atomic E-state index is -1.64. The minimum absolute atomic E-state index is 0.294. The lowest BCUT2D eigenvalue weighted by Crippen LogP contribution is -2.66. The van der Waals surface area contributed by atoms with Gasteiger partial charge in [0.25, 0.3) is 0 Å². The number of aliphatic hydroxyl groups is 4. The smallest absolute Gasteiger partial charge is 0.237 e. The summed E-state index contributed by atoms with van der Waals surface area (Å²) in [6.45, 7) is 4.36. The number of carbonyl (C=O) groups excluding carboxylic acids is 1. The molecule has 1 unspecified atom stereocenters. The zero-order valence-corrected chi connectivity index (χ0v) is 17.7. The number of nitrogens with zero attached hydrogens (tertiary/aromatic N) is 1. The van der Waals surface area contributed by atoms with Gasteiger partial charge in [-0.2, -0.15) is 0 Å². The van der Waals surface area contributed by atoms with Crippen LogP contribution in [0.5, 0.6) is 0 Å². The summed E-state index contributed by atoms with van der Waals surface area (Å²) in [5.41, 5.74) is -1.23. The Morgan fingerprint density at radius 3 is 2.46 bits per heavy atom. The Balaban J connectivity index is 2.14. The zero-order chi connectivity index (χ0) is 21.2. The average Bonchev–Trinajstić information content (AvgIpc) is 2.98. The highest BCUT2D eigenvalue weighted by atomic mass is 32.2. The lowest BCUT2D eigenvalue weighted by molar-refractivity contribution is -0.212. The van der Waals surface area contributed by atoms with Crippen LogP contribution >= 0.6 is 0 Å². The fraction of sp³-hybridized carbons (Fsp3) is 0.944. The van der Waals surface area contributed by atoms with Crippen LogP contribution in [-0.2, 0) is 20.3 Å². The van der Waals surface area contributed by atoms with Crippen LogP contribution in [0.15, 0.2) is 0 Å². The minimum Gasteiger partial charge on any atom is -0.391 e. The Bertz CT molecular complexity index is 564. The van der Waals surface area contributed by atoms with E-state index in [4.69, 9.17) is 4.74 Å². The van der Waals surface area contributed by atoms with E-state index in [1.807, 2.05) is 11.9 Å². The predicted molar refractivity (Wildman–Crippen MR) is 104 cm³/mol. The molecule has 1 amide bonds. The van der Waals surface area contributed by atoms with E-state index in [1.165, 1.54) is 13.2 Å². The molecule has 0 saturated carbocycles. The summed E-state index contributed by atoms with van der Waals surface area (Å²) >= 11 is 0. The lowest BCUT2D eigenvalue weighted by atomic mass is 9.92. The van der Waals surface area contributed by atoms with Gasteiger partial charge in [0.15, 0.2) is 5.44 Å².